The number of nitrogens with zero attached hydrogens (tertiary/aromatic N) is 2. The Morgan fingerprint density at radius 1 is 1.53 bits per heavy atom. The number of rotatable bonds is 3. The Labute approximate surface area is 92.6 Å². The van der Waals surface area contributed by atoms with Gasteiger partial charge in [0.15, 0.2) is 5.82 Å². The monoisotopic (exact) mass is 211 g/mol. The summed E-state index contributed by atoms with van der Waals surface area (Å²) in [5.41, 5.74) is 0. The summed E-state index contributed by atoms with van der Waals surface area (Å²) < 4.78 is 0. The average Bonchev–Trinajstić information content (AvgIpc) is 2.32. The van der Waals surface area contributed by atoms with Crippen molar-refractivity contribution in [2.24, 2.45) is 5.92 Å². The average molecular weight is 211 g/mol. The molecule has 1 heterocycles. The summed E-state index contributed by atoms with van der Waals surface area (Å²) in [5.74, 6) is 0.512. The predicted molar refractivity (Wildman–Crippen MR) is 63.6 cm³/mol. The normalized spacial score (nSPS) is 10.9. The molecule has 0 aliphatic heterocycles. The molecule has 0 aromatic carbocycles. The van der Waals surface area contributed by atoms with E-state index in [4.69, 9.17) is 0 Å². The first-order valence-electron chi connectivity index (χ1n) is 5.31. The molecule has 1 atom stereocenters. The van der Waals surface area contributed by atoms with E-state index in [1.807, 2.05) is 27.7 Å². The molecule has 0 bridgehead atoms. The quantitative estimate of drug-likeness (QED) is 0.836. The van der Waals surface area contributed by atoms with Crippen LogP contribution in [0, 0.1) is 5.92 Å². The van der Waals surface area contributed by atoms with Crippen LogP contribution in [0.15, 0.2) is 18.6 Å². The van der Waals surface area contributed by atoms with E-state index >= 15 is 0 Å². The van der Waals surface area contributed by atoms with Crippen LogP contribution < -0.4 is 5.32 Å². The number of anilines is 1. The van der Waals surface area contributed by atoms with E-state index < -0.39 is 0 Å². The molecule has 0 radical (unpaired) electrons. The first-order chi connectivity index (χ1) is 7.24. The topological polar surface area (TPSA) is 54.9 Å². The van der Waals surface area contributed by atoms with Gasteiger partial charge in [-0.2, -0.15) is 0 Å². The second kappa shape index (κ2) is 7.91. The molecule has 0 saturated heterocycles. The largest absolute Gasteiger partial charge is 0.309 e. The second-order valence-corrected chi connectivity index (χ2v) is 2.89. The highest BCUT2D eigenvalue weighted by Gasteiger charge is 2.10. The Hall–Kier alpha value is -1.45. The van der Waals surface area contributed by atoms with E-state index in [-0.39, 0.29) is 13.3 Å². The minimum atomic E-state index is -0.0111. The first-order valence-corrected chi connectivity index (χ1v) is 5.31. The number of hydrogen-bond donors (Lipinski definition) is 1. The zero-order chi connectivity index (χ0) is 11.7. The summed E-state index contributed by atoms with van der Waals surface area (Å²) in [4.78, 5) is 19.2. The third-order valence-corrected chi connectivity index (χ3v) is 1.87. The fourth-order valence-corrected chi connectivity index (χ4v) is 0.798. The zero-order valence-corrected chi connectivity index (χ0v) is 9.82. The fourth-order valence-electron chi connectivity index (χ4n) is 0.798. The number of nitrogens with one attached hydrogen (secondary N) is 1. The van der Waals surface area contributed by atoms with E-state index in [0.29, 0.717) is 5.82 Å². The molecule has 0 aliphatic rings. The second-order valence-electron chi connectivity index (χ2n) is 2.89. The maximum Gasteiger partial charge on any atom is 0.228 e. The number of carbonyl (C=O) groups is 1. The van der Waals surface area contributed by atoms with Crippen LogP contribution in [0.25, 0.3) is 0 Å². The van der Waals surface area contributed by atoms with E-state index in [9.17, 15) is 4.79 Å². The molecule has 1 amide bonds. The molecular weight excluding hydrogens is 190 g/mol. The molecule has 15 heavy (non-hydrogen) atoms. The van der Waals surface area contributed by atoms with E-state index in [1.165, 1.54) is 6.20 Å². The lowest BCUT2D eigenvalue weighted by molar-refractivity contribution is -0.119. The fraction of sp³-hybridized carbons (Fsp3) is 0.545. The highest BCUT2D eigenvalue weighted by Crippen LogP contribution is 2.05. The van der Waals surface area contributed by atoms with E-state index in [1.54, 1.807) is 12.4 Å². The predicted octanol–water partition coefficient (Wildman–Crippen LogP) is 2.73. The molecule has 1 rings (SSSR count). The van der Waals surface area contributed by atoms with Gasteiger partial charge in [-0.1, -0.05) is 27.7 Å². The van der Waals surface area contributed by atoms with Gasteiger partial charge in [0.05, 0.1) is 6.20 Å². The minimum absolute atomic E-state index is 0. The molecule has 1 aromatic heterocycles. The van der Waals surface area contributed by atoms with Gasteiger partial charge in [-0.3, -0.25) is 9.78 Å². The summed E-state index contributed by atoms with van der Waals surface area (Å²) in [6, 6.07) is 0. The maximum atomic E-state index is 11.4. The molecular formula is C11H21N3O. The number of carbonyl (C=O) groups excluding carboxylic acids is 1. The van der Waals surface area contributed by atoms with Gasteiger partial charge in [-0.15, -0.1) is 0 Å². The van der Waals surface area contributed by atoms with Crippen molar-refractivity contribution in [3.8, 4) is 0 Å². The van der Waals surface area contributed by atoms with Gasteiger partial charge in [0, 0.05) is 19.7 Å². The van der Waals surface area contributed by atoms with Crippen molar-refractivity contribution < 1.29 is 6.22 Å². The third kappa shape index (κ3) is 5.10. The lowest BCUT2D eigenvalue weighted by Gasteiger charge is -2.07. The van der Waals surface area contributed by atoms with Gasteiger partial charge >= 0.3 is 0 Å². The van der Waals surface area contributed by atoms with E-state index in [2.05, 4.69) is 15.3 Å². The van der Waals surface area contributed by atoms with Crippen LogP contribution in [0.5, 0.6) is 0 Å². The molecule has 0 unspecified atom stereocenters. The van der Waals surface area contributed by atoms with Gasteiger partial charge in [0.1, 0.15) is 0 Å². The smallest absolute Gasteiger partial charge is 0.228 e. The van der Waals surface area contributed by atoms with Crippen molar-refractivity contribution in [3.63, 3.8) is 0 Å². The Morgan fingerprint density at radius 2 is 2.20 bits per heavy atom. The molecule has 1 aromatic rings. The molecule has 86 valence electrons. The van der Waals surface area contributed by atoms with E-state index in [0.717, 1.165) is 6.42 Å². The Bertz CT molecular complexity index is 280. The van der Waals surface area contributed by atoms with Crippen LogP contribution in [-0.2, 0) is 4.79 Å². The Kier molecular flexibility index (Phi) is 7.14. The summed E-state index contributed by atoms with van der Waals surface area (Å²) in [7, 11) is 0. The minimum Gasteiger partial charge on any atom is -0.309 e. The number of amides is 1. The Morgan fingerprint density at radius 3 is 2.67 bits per heavy atom. The molecule has 0 fully saturated rings. The van der Waals surface area contributed by atoms with Crippen LogP contribution in [-0.4, -0.2) is 15.9 Å². The molecule has 1 N–H and O–H groups in total. The van der Waals surface area contributed by atoms with Crippen molar-refractivity contribution >= 4 is 11.7 Å². The Balaban J connectivity index is 0. The molecule has 0 spiro atoms. The van der Waals surface area contributed by atoms with Crippen LogP contribution in [0.1, 0.15) is 35.5 Å². The highest BCUT2D eigenvalue weighted by atomic mass is 16.1. The van der Waals surface area contributed by atoms with Crippen molar-refractivity contribution in [1.29, 1.82) is 0 Å². The van der Waals surface area contributed by atoms with Gasteiger partial charge in [-0.05, 0) is 6.42 Å². The lowest BCUT2D eigenvalue weighted by atomic mass is 10.1. The first kappa shape index (κ1) is 13.5. The zero-order valence-electron chi connectivity index (χ0n) is 9.82. The lowest BCUT2D eigenvalue weighted by Crippen LogP contribution is -2.20. The van der Waals surface area contributed by atoms with Gasteiger partial charge in [0.25, 0.3) is 0 Å². The van der Waals surface area contributed by atoms with Crippen molar-refractivity contribution in [2.75, 3.05) is 5.32 Å². The standard InChI is InChI=1S/C9H13N3O.C2H6.H2/c1-3-7(2)9(13)12-8-6-10-4-5-11-8;1-2;/h4-7H,3H2,1-2H3,(H,11,12,13);1-2H3;1H/t7-;;/m0../s1. The molecule has 4 heteroatoms. The maximum absolute atomic E-state index is 11.4. The van der Waals surface area contributed by atoms with Gasteiger partial charge in [0.2, 0.25) is 5.91 Å². The molecule has 0 aliphatic carbocycles. The summed E-state index contributed by atoms with van der Waals surface area (Å²) in [5, 5.41) is 2.68. The van der Waals surface area contributed by atoms with Crippen LogP contribution in [0.4, 0.5) is 5.82 Å². The molecule has 4 nitrogen and oxygen atoms in total. The number of hydrogen-bond acceptors (Lipinski definition) is 3. The third-order valence-electron chi connectivity index (χ3n) is 1.87. The van der Waals surface area contributed by atoms with Crippen molar-refractivity contribution in [2.45, 2.75) is 34.1 Å². The van der Waals surface area contributed by atoms with Crippen LogP contribution in [0.3, 0.4) is 0 Å². The summed E-state index contributed by atoms with van der Waals surface area (Å²) >= 11 is 0. The van der Waals surface area contributed by atoms with Crippen molar-refractivity contribution in [3.05, 3.63) is 18.6 Å². The summed E-state index contributed by atoms with van der Waals surface area (Å²) in [6.45, 7) is 7.85. The van der Waals surface area contributed by atoms with Crippen LogP contribution in [0.2, 0.25) is 0 Å². The number of aromatic nitrogens is 2. The molecule has 0 saturated carbocycles. The summed E-state index contributed by atoms with van der Waals surface area (Å²) in [6.07, 6.45) is 5.47. The van der Waals surface area contributed by atoms with Gasteiger partial charge < -0.3 is 5.32 Å². The highest BCUT2D eigenvalue weighted by molar-refractivity contribution is 5.91. The van der Waals surface area contributed by atoms with Gasteiger partial charge in [-0.25, -0.2) is 4.98 Å². The SMILES string of the molecule is CC.CC[C@H](C)C(=O)Nc1cnccn1.[HH]. The van der Waals surface area contributed by atoms with Crippen molar-refractivity contribution in [1.82, 2.24) is 9.97 Å². The van der Waals surface area contributed by atoms with Crippen LogP contribution >= 0.6 is 0 Å².